The number of carbonyl (C=O) groups is 6. The number of aromatic nitrogens is 8. The molecule has 6 aromatic rings. The summed E-state index contributed by atoms with van der Waals surface area (Å²) in [5, 5.41) is 49.9. The summed E-state index contributed by atoms with van der Waals surface area (Å²) >= 11 is 0. The van der Waals surface area contributed by atoms with Gasteiger partial charge < -0.3 is 62.7 Å². The van der Waals surface area contributed by atoms with Crippen LogP contribution in [0.15, 0.2) is 70.5 Å². The Morgan fingerprint density at radius 3 is 1.28 bits per heavy atom. The number of amides is 2. The molecular formula is C38H36N14O12Sr. The van der Waals surface area contributed by atoms with Crippen molar-refractivity contribution in [3.05, 3.63) is 104 Å². The van der Waals surface area contributed by atoms with E-state index < -0.39 is 71.7 Å². The Balaban J connectivity index is 0.000000280. The van der Waals surface area contributed by atoms with Crippen molar-refractivity contribution in [2.45, 2.75) is 50.9 Å². The zero-order valence-electron chi connectivity index (χ0n) is 33.7. The van der Waals surface area contributed by atoms with Crippen molar-refractivity contribution < 1.29 is 49.2 Å². The number of hydrogen-bond acceptors (Lipinski definition) is 20. The van der Waals surface area contributed by atoms with Crippen molar-refractivity contribution >= 4 is 127 Å². The number of nitrogens with two attached hydrogens (primary N) is 2. The number of rotatable bonds is 18. The molecule has 12 N–H and O–H groups in total. The minimum atomic E-state index is -1.40. The molecule has 2 atom stereocenters. The second-order valence-electron chi connectivity index (χ2n) is 13.4. The molecule has 0 aliphatic heterocycles. The van der Waals surface area contributed by atoms with E-state index in [0.29, 0.717) is 22.8 Å². The van der Waals surface area contributed by atoms with Gasteiger partial charge in [-0.2, -0.15) is 9.97 Å². The predicted molar refractivity (Wildman–Crippen MR) is 224 cm³/mol. The molecule has 0 bridgehead atoms. The summed E-state index contributed by atoms with van der Waals surface area (Å²) in [4.78, 5) is 121. The first kappa shape index (κ1) is 50.0. The van der Waals surface area contributed by atoms with E-state index in [1.807, 2.05) is 0 Å². The Hall–Kier alpha value is -7.62. The standard InChI is InChI=1S/2C19H19N7O6.Sr/c2*20-19-25-15-14(17(30)26-19)23-11(8-22-15)7-21-10-3-1-9(2-4-10)16(29)24-12(18(31)32)5-6-13(27)28;/h2*1-4,8,12,21H,5-7H2,(H,24,29)(H,27,28)(H,31,32)(H3,20,22,25,26,30);/q;;+2/p-2. The number of aromatic amines is 2. The maximum absolute atomic E-state index is 12.3. The molecule has 65 heavy (non-hydrogen) atoms. The van der Waals surface area contributed by atoms with Crippen LogP contribution in [0.3, 0.4) is 0 Å². The van der Waals surface area contributed by atoms with Crippen molar-refractivity contribution in [3.63, 3.8) is 0 Å². The summed E-state index contributed by atoms with van der Waals surface area (Å²) in [6.45, 7) is 0.450. The maximum Gasteiger partial charge on any atom is 2.00 e. The number of nitrogens with zero attached hydrogens (tertiary/aromatic N) is 6. The van der Waals surface area contributed by atoms with Gasteiger partial charge in [0.15, 0.2) is 22.3 Å². The average molecular weight is 968 g/mol. The molecule has 0 spiro atoms. The number of hydrogen-bond donors (Lipinski definition) is 10. The molecule has 4 aromatic heterocycles. The van der Waals surface area contributed by atoms with Crippen molar-refractivity contribution in [2.75, 3.05) is 22.1 Å². The van der Waals surface area contributed by atoms with Crippen LogP contribution in [0.4, 0.5) is 23.3 Å². The largest absolute Gasteiger partial charge is 2.00 e. The molecule has 2 unspecified atom stereocenters. The van der Waals surface area contributed by atoms with Gasteiger partial charge in [-0.15, -0.1) is 0 Å². The molecule has 2 amide bonds. The number of carboxylic acids is 4. The molecule has 26 nitrogen and oxygen atoms in total. The van der Waals surface area contributed by atoms with Crippen molar-refractivity contribution in [2.24, 2.45) is 0 Å². The van der Waals surface area contributed by atoms with Gasteiger partial charge >= 0.3 is 57.4 Å². The van der Waals surface area contributed by atoms with Crippen molar-refractivity contribution in [1.29, 1.82) is 0 Å². The quantitative estimate of drug-likeness (QED) is 0.0381. The minimum absolute atomic E-state index is 0. The minimum Gasteiger partial charge on any atom is -0.550 e. The van der Waals surface area contributed by atoms with Gasteiger partial charge in [0.1, 0.15) is 12.1 Å². The molecule has 332 valence electrons. The summed E-state index contributed by atoms with van der Waals surface area (Å²) in [6, 6.07) is 9.56. The number of fused-ring (bicyclic) bond motifs is 2. The molecule has 2 aromatic carbocycles. The van der Waals surface area contributed by atoms with Crippen molar-refractivity contribution in [1.82, 2.24) is 50.5 Å². The van der Waals surface area contributed by atoms with E-state index in [-0.39, 0.29) is 117 Å². The summed E-state index contributed by atoms with van der Waals surface area (Å²) < 4.78 is 0. The smallest absolute Gasteiger partial charge is 0.550 e. The molecule has 6 rings (SSSR count). The van der Waals surface area contributed by atoms with Gasteiger partial charge in [0, 0.05) is 34.4 Å². The van der Waals surface area contributed by atoms with E-state index in [2.05, 4.69) is 61.1 Å². The second-order valence-corrected chi connectivity index (χ2v) is 13.4. The Kier molecular flexibility index (Phi) is 17.8. The van der Waals surface area contributed by atoms with Gasteiger partial charge in [-0.3, -0.25) is 29.1 Å². The van der Waals surface area contributed by atoms with Gasteiger partial charge in [-0.25, -0.2) is 29.5 Å². The SMILES string of the molecule is Nc1nc2ncc(CNc3ccc(C(=O)NC(CCC(=O)[O-])C(=O)O)cc3)nc2c(=O)[nH]1.Nc1nc2ncc(CNc3ccc(C(=O)NC(CCC(=O)[O-])C(=O)O)cc3)nc2c(=O)[nH]1.[Sr+2]. The van der Waals surface area contributed by atoms with Gasteiger partial charge in [0.2, 0.25) is 11.9 Å². The van der Waals surface area contributed by atoms with Crippen LogP contribution in [0.5, 0.6) is 0 Å². The van der Waals surface area contributed by atoms with E-state index in [1.54, 1.807) is 24.3 Å². The Morgan fingerprint density at radius 1 is 0.600 bits per heavy atom. The molecular weight excluding hydrogens is 932 g/mol. The third-order valence-corrected chi connectivity index (χ3v) is 8.69. The second kappa shape index (κ2) is 23.2. The summed E-state index contributed by atoms with van der Waals surface area (Å²) in [7, 11) is 0. The molecule has 0 aliphatic carbocycles. The molecule has 0 radical (unpaired) electrons. The van der Waals surface area contributed by atoms with Gasteiger partial charge in [0.25, 0.3) is 22.9 Å². The fraction of sp³-hybridized carbons (Fsp3) is 0.211. The van der Waals surface area contributed by atoms with Crippen LogP contribution < -0.4 is 54.1 Å². The summed E-state index contributed by atoms with van der Waals surface area (Å²) in [5.74, 6) is -6.91. The van der Waals surface area contributed by atoms with Crippen molar-refractivity contribution in [3.8, 4) is 0 Å². The Morgan fingerprint density at radius 2 is 0.954 bits per heavy atom. The molecule has 0 saturated carbocycles. The van der Waals surface area contributed by atoms with Crippen LogP contribution in [0.1, 0.15) is 57.8 Å². The molecule has 27 heteroatoms. The molecule has 0 saturated heterocycles. The number of H-pyrrole nitrogens is 2. The summed E-state index contributed by atoms with van der Waals surface area (Å²) in [5.41, 5.74) is 12.9. The topological polar surface area (TPSA) is 432 Å². The third kappa shape index (κ3) is 14.7. The zero-order valence-corrected chi connectivity index (χ0v) is 37.2. The van der Waals surface area contributed by atoms with Gasteiger partial charge in [-0.1, -0.05) is 0 Å². The van der Waals surface area contributed by atoms with E-state index in [0.717, 1.165) is 0 Å². The monoisotopic (exact) mass is 968 g/mol. The fourth-order valence-corrected chi connectivity index (χ4v) is 5.50. The van der Waals surface area contributed by atoms with Gasteiger partial charge in [-0.05, 0) is 74.2 Å². The number of nitrogen functional groups attached to an aromatic ring is 2. The van der Waals surface area contributed by atoms with Crippen LogP contribution in [-0.2, 0) is 32.3 Å². The number of nitrogens with one attached hydrogen (secondary N) is 6. The van der Waals surface area contributed by atoms with Crippen LogP contribution >= 0.6 is 0 Å². The number of aliphatic carboxylic acids is 4. The van der Waals surface area contributed by atoms with E-state index in [9.17, 15) is 48.6 Å². The average Bonchev–Trinajstić information content (AvgIpc) is 3.25. The number of carboxylic acid groups (broad SMARTS) is 4. The molecule has 0 aliphatic rings. The maximum atomic E-state index is 12.3. The Labute approximate surface area is 401 Å². The number of carbonyl (C=O) groups excluding carboxylic acids is 4. The van der Waals surface area contributed by atoms with Gasteiger partial charge in [0.05, 0.1) is 36.9 Å². The molecule has 0 fully saturated rings. The van der Waals surface area contributed by atoms with Crippen LogP contribution in [0.25, 0.3) is 22.3 Å². The molecule has 4 heterocycles. The van der Waals surface area contributed by atoms with Crippen LogP contribution in [0.2, 0.25) is 0 Å². The van der Waals surface area contributed by atoms with E-state index >= 15 is 0 Å². The Bertz CT molecular complexity index is 2650. The van der Waals surface area contributed by atoms with E-state index in [4.69, 9.17) is 21.7 Å². The van der Waals surface area contributed by atoms with Crippen LogP contribution in [0, 0.1) is 0 Å². The van der Waals surface area contributed by atoms with E-state index in [1.165, 1.54) is 36.7 Å². The van der Waals surface area contributed by atoms with Crippen LogP contribution in [-0.4, -0.2) is 143 Å². The third-order valence-electron chi connectivity index (χ3n) is 8.69. The normalized spacial score (nSPS) is 11.4. The first-order chi connectivity index (χ1) is 30.4. The number of anilines is 4. The predicted octanol–water partition coefficient (Wildman–Crippen LogP) is -3.14. The first-order valence-corrected chi connectivity index (χ1v) is 18.6. The number of benzene rings is 2. The first-order valence-electron chi connectivity index (χ1n) is 18.6. The zero-order chi connectivity index (χ0) is 46.5. The summed E-state index contributed by atoms with van der Waals surface area (Å²) in [6.07, 6.45) is 1.32. The fourth-order valence-electron chi connectivity index (χ4n) is 5.50.